The Hall–Kier alpha value is -0.340. The normalized spacial score (nSPS) is 9.90. The maximum Gasteiger partial charge on any atom is 0.136 e. The van der Waals surface area contributed by atoms with Crippen molar-refractivity contribution in [2.75, 3.05) is 0 Å². The van der Waals surface area contributed by atoms with Crippen LogP contribution in [0.4, 0.5) is 4.39 Å². The van der Waals surface area contributed by atoms with E-state index in [4.69, 9.17) is 23.2 Å². The quantitative estimate of drug-likeness (QED) is 0.478. The van der Waals surface area contributed by atoms with Crippen molar-refractivity contribution in [1.29, 1.82) is 0 Å². The lowest BCUT2D eigenvalue weighted by Gasteiger charge is -1.97. The highest BCUT2D eigenvalue weighted by atomic mass is 35.5. The van der Waals surface area contributed by atoms with Crippen molar-refractivity contribution in [3.8, 4) is 0 Å². The van der Waals surface area contributed by atoms with E-state index in [0.29, 0.717) is 0 Å². The highest BCUT2D eigenvalue weighted by Gasteiger charge is 2.04. The van der Waals surface area contributed by atoms with Gasteiger partial charge < -0.3 is 0 Å². The first-order valence-electron chi connectivity index (χ1n) is 2.60. The maximum absolute atomic E-state index is 12.6. The smallest absolute Gasteiger partial charge is 0.136 e. The molecule has 0 aliphatic heterocycles. The monoisotopic (exact) mass is 179 g/mol. The van der Waals surface area contributed by atoms with Crippen molar-refractivity contribution in [1.82, 2.24) is 4.98 Å². The van der Waals surface area contributed by atoms with E-state index < -0.39 is 5.82 Å². The van der Waals surface area contributed by atoms with Crippen LogP contribution >= 0.6 is 23.2 Å². The first kappa shape index (κ1) is 7.76. The lowest BCUT2D eigenvalue weighted by Crippen LogP contribution is -1.89. The molecule has 0 atom stereocenters. The number of pyridine rings is 1. The summed E-state index contributed by atoms with van der Waals surface area (Å²) in [6.07, 6.45) is 1.30. The van der Waals surface area contributed by atoms with E-state index in [1.807, 2.05) is 0 Å². The fourth-order valence-electron chi connectivity index (χ4n) is 0.564. The molecule has 0 aliphatic rings. The van der Waals surface area contributed by atoms with Crippen LogP contribution in [0.5, 0.6) is 0 Å². The van der Waals surface area contributed by atoms with Gasteiger partial charge in [0.25, 0.3) is 0 Å². The molecule has 4 heteroatoms. The van der Waals surface area contributed by atoms with Crippen molar-refractivity contribution in [3.05, 3.63) is 28.8 Å². The molecule has 54 valence electrons. The molecule has 1 aromatic rings. The van der Waals surface area contributed by atoms with Gasteiger partial charge in [0.1, 0.15) is 11.0 Å². The van der Waals surface area contributed by atoms with E-state index >= 15 is 0 Å². The zero-order chi connectivity index (χ0) is 7.56. The van der Waals surface area contributed by atoms with Crippen LogP contribution in [0, 0.1) is 5.82 Å². The first-order valence-corrected chi connectivity index (χ1v) is 3.52. The largest absolute Gasteiger partial charge is 0.244 e. The highest BCUT2D eigenvalue weighted by Crippen LogP contribution is 2.17. The van der Waals surface area contributed by atoms with E-state index in [1.165, 1.54) is 12.3 Å². The number of halogens is 3. The molecule has 0 radical (unpaired) electrons. The number of hydrogen-bond acceptors (Lipinski definition) is 1. The van der Waals surface area contributed by atoms with E-state index in [9.17, 15) is 4.39 Å². The zero-order valence-electron chi connectivity index (χ0n) is 4.94. The molecule has 0 spiro atoms. The number of hydrogen-bond donors (Lipinski definition) is 0. The molecular weight excluding hydrogens is 176 g/mol. The molecule has 10 heavy (non-hydrogen) atoms. The number of rotatable bonds is 1. The van der Waals surface area contributed by atoms with Gasteiger partial charge in [-0.15, -0.1) is 11.6 Å². The lowest BCUT2D eigenvalue weighted by atomic mass is 10.3. The minimum atomic E-state index is -0.407. The Labute approximate surface area is 67.8 Å². The third kappa shape index (κ3) is 1.39. The van der Waals surface area contributed by atoms with Gasteiger partial charge in [0.15, 0.2) is 0 Å². The number of alkyl halides is 1. The predicted octanol–water partition coefficient (Wildman–Crippen LogP) is 2.61. The maximum atomic E-state index is 12.6. The van der Waals surface area contributed by atoms with Gasteiger partial charge in [-0.25, -0.2) is 9.37 Å². The van der Waals surface area contributed by atoms with Crippen LogP contribution < -0.4 is 0 Å². The van der Waals surface area contributed by atoms with E-state index in [2.05, 4.69) is 4.98 Å². The minimum absolute atomic E-state index is 0.0541. The number of nitrogens with zero attached hydrogens (tertiary/aromatic N) is 1. The number of aromatic nitrogens is 1. The molecule has 1 heterocycles. The van der Waals surface area contributed by atoms with Crippen molar-refractivity contribution >= 4 is 23.2 Å². The third-order valence-electron chi connectivity index (χ3n) is 1.08. The average Bonchev–Trinajstić information content (AvgIpc) is 1.88. The Balaban J connectivity index is 3.17. The summed E-state index contributed by atoms with van der Waals surface area (Å²) in [5.41, 5.74) is 0.255. The van der Waals surface area contributed by atoms with Gasteiger partial charge in [-0.1, -0.05) is 11.6 Å². The van der Waals surface area contributed by atoms with Gasteiger partial charge in [-0.3, -0.25) is 0 Å². The van der Waals surface area contributed by atoms with Crippen LogP contribution in [0.15, 0.2) is 12.3 Å². The van der Waals surface area contributed by atoms with E-state index in [1.54, 1.807) is 0 Å². The topological polar surface area (TPSA) is 12.9 Å². The summed E-state index contributed by atoms with van der Waals surface area (Å²) >= 11 is 10.9. The summed E-state index contributed by atoms with van der Waals surface area (Å²) in [7, 11) is 0. The molecule has 0 unspecified atom stereocenters. The Bertz CT molecular complexity index is 219. The fourth-order valence-corrected chi connectivity index (χ4v) is 1.10. The summed E-state index contributed by atoms with van der Waals surface area (Å²) in [5.74, 6) is -0.353. The molecule has 0 saturated heterocycles. The van der Waals surface area contributed by atoms with Crippen molar-refractivity contribution in [2.45, 2.75) is 5.88 Å². The molecule has 0 fully saturated rings. The van der Waals surface area contributed by atoms with Gasteiger partial charge in [-0.2, -0.15) is 0 Å². The molecule has 0 aliphatic carbocycles. The van der Waals surface area contributed by atoms with Crippen LogP contribution in [0.2, 0.25) is 5.15 Å². The fraction of sp³-hybridized carbons (Fsp3) is 0.167. The minimum Gasteiger partial charge on any atom is -0.244 e. The summed E-state index contributed by atoms with van der Waals surface area (Å²) < 4.78 is 12.6. The highest BCUT2D eigenvalue weighted by molar-refractivity contribution is 6.31. The van der Waals surface area contributed by atoms with Gasteiger partial charge in [0.2, 0.25) is 0 Å². The van der Waals surface area contributed by atoms with Crippen LogP contribution in [-0.2, 0) is 5.88 Å². The average molecular weight is 180 g/mol. The molecule has 0 bridgehead atoms. The molecule has 0 saturated carbocycles. The molecular formula is C6H4Cl2FN. The van der Waals surface area contributed by atoms with Crippen LogP contribution in [-0.4, -0.2) is 4.98 Å². The standard InChI is InChI=1S/C6H4Cl2FN/c7-3-4-5(9)1-2-10-6(4)8/h1-2H,3H2. The Kier molecular flexibility index (Phi) is 2.46. The van der Waals surface area contributed by atoms with Crippen molar-refractivity contribution in [2.24, 2.45) is 0 Å². The van der Waals surface area contributed by atoms with Gasteiger partial charge in [0.05, 0.1) is 5.88 Å². The van der Waals surface area contributed by atoms with E-state index in [-0.39, 0.29) is 16.6 Å². The van der Waals surface area contributed by atoms with Crippen molar-refractivity contribution < 1.29 is 4.39 Å². The summed E-state index contributed by atoms with van der Waals surface area (Å²) in [4.78, 5) is 3.65. The van der Waals surface area contributed by atoms with E-state index in [0.717, 1.165) is 0 Å². The SMILES string of the molecule is Fc1ccnc(Cl)c1CCl. The Morgan fingerprint density at radius 2 is 2.30 bits per heavy atom. The molecule has 0 amide bonds. The zero-order valence-corrected chi connectivity index (χ0v) is 6.45. The van der Waals surface area contributed by atoms with Crippen LogP contribution in [0.3, 0.4) is 0 Å². The molecule has 1 nitrogen and oxygen atoms in total. The lowest BCUT2D eigenvalue weighted by molar-refractivity contribution is 0.614. The summed E-state index contributed by atoms with van der Waals surface area (Å²) in [6.45, 7) is 0. The second-order valence-electron chi connectivity index (χ2n) is 1.70. The molecule has 0 N–H and O–H groups in total. The molecule has 0 aromatic carbocycles. The van der Waals surface area contributed by atoms with Crippen LogP contribution in [0.25, 0.3) is 0 Å². The van der Waals surface area contributed by atoms with Crippen LogP contribution in [0.1, 0.15) is 5.56 Å². The third-order valence-corrected chi connectivity index (χ3v) is 1.67. The van der Waals surface area contributed by atoms with Gasteiger partial charge >= 0.3 is 0 Å². The van der Waals surface area contributed by atoms with Gasteiger partial charge in [-0.05, 0) is 6.07 Å². The Morgan fingerprint density at radius 3 is 2.70 bits per heavy atom. The molecule has 1 rings (SSSR count). The van der Waals surface area contributed by atoms with Gasteiger partial charge in [0, 0.05) is 11.8 Å². The first-order chi connectivity index (χ1) is 4.75. The van der Waals surface area contributed by atoms with Crippen molar-refractivity contribution in [3.63, 3.8) is 0 Å². The second kappa shape index (κ2) is 3.17. The summed E-state index contributed by atoms with van der Waals surface area (Å²) in [6, 6.07) is 1.23. The molecule has 1 aromatic heterocycles. The Morgan fingerprint density at radius 1 is 1.60 bits per heavy atom. The predicted molar refractivity (Wildman–Crippen MR) is 38.8 cm³/mol. The summed E-state index contributed by atoms with van der Waals surface area (Å²) in [5, 5.41) is 0.134. The second-order valence-corrected chi connectivity index (χ2v) is 2.32.